The molecule has 1 aromatic rings. The zero-order valence-electron chi connectivity index (χ0n) is 9.29. The molecule has 15 heavy (non-hydrogen) atoms. The zero-order chi connectivity index (χ0) is 10.7. The molecule has 2 N–H and O–H groups in total. The number of rotatable bonds is 4. The summed E-state index contributed by atoms with van der Waals surface area (Å²) in [6.07, 6.45) is 6.25. The molecular weight excluding hydrogens is 206 g/mol. The van der Waals surface area contributed by atoms with E-state index >= 15 is 0 Å². The number of aryl methyl sites for hydroxylation is 2. The zero-order valence-corrected chi connectivity index (χ0v) is 10.1. The molecule has 84 valence electrons. The van der Waals surface area contributed by atoms with Gasteiger partial charge in [-0.3, -0.25) is 0 Å². The molecule has 1 aliphatic rings. The van der Waals surface area contributed by atoms with Gasteiger partial charge in [0.1, 0.15) is 0 Å². The molecule has 2 rings (SSSR count). The molecule has 0 fully saturated rings. The highest BCUT2D eigenvalue weighted by Gasteiger charge is 2.22. The van der Waals surface area contributed by atoms with Crippen LogP contribution in [-0.2, 0) is 17.6 Å². The summed E-state index contributed by atoms with van der Waals surface area (Å²) in [6.45, 7) is 0.788. The van der Waals surface area contributed by atoms with Crippen LogP contribution in [0.1, 0.15) is 40.7 Å². The fraction of sp³-hybridized carbons (Fsp3) is 0.667. The Balaban J connectivity index is 2.14. The van der Waals surface area contributed by atoms with E-state index in [2.05, 4.69) is 6.07 Å². The average Bonchev–Trinajstić information content (AvgIpc) is 2.68. The second kappa shape index (κ2) is 5.10. The van der Waals surface area contributed by atoms with Gasteiger partial charge in [-0.2, -0.15) is 0 Å². The van der Waals surface area contributed by atoms with E-state index in [0.29, 0.717) is 6.10 Å². The van der Waals surface area contributed by atoms with E-state index in [0.717, 1.165) is 19.4 Å². The summed E-state index contributed by atoms with van der Waals surface area (Å²) >= 11 is 1.96. The fourth-order valence-electron chi connectivity index (χ4n) is 2.22. The molecular formula is C12H19NOS. The van der Waals surface area contributed by atoms with Gasteiger partial charge in [0, 0.05) is 16.9 Å². The van der Waals surface area contributed by atoms with Crippen molar-refractivity contribution in [3.8, 4) is 0 Å². The summed E-state index contributed by atoms with van der Waals surface area (Å²) in [5, 5.41) is 0. The summed E-state index contributed by atoms with van der Waals surface area (Å²) in [5.41, 5.74) is 6.98. The Hall–Kier alpha value is -0.380. The van der Waals surface area contributed by atoms with Crippen LogP contribution < -0.4 is 5.73 Å². The normalized spacial score (nSPS) is 20.3. The molecule has 0 aliphatic heterocycles. The monoisotopic (exact) mass is 225 g/mol. The third kappa shape index (κ3) is 2.41. The molecule has 2 nitrogen and oxygen atoms in total. The number of hydrogen-bond donors (Lipinski definition) is 1. The number of hydrogen-bond acceptors (Lipinski definition) is 3. The highest BCUT2D eigenvalue weighted by molar-refractivity contribution is 7.12. The molecule has 1 atom stereocenters. The van der Waals surface area contributed by atoms with Crippen LogP contribution in [0.15, 0.2) is 6.07 Å². The van der Waals surface area contributed by atoms with Gasteiger partial charge in [-0.1, -0.05) is 0 Å². The maximum atomic E-state index is 5.53. The van der Waals surface area contributed by atoms with E-state index in [1.54, 1.807) is 4.88 Å². The summed E-state index contributed by atoms with van der Waals surface area (Å²) in [5.74, 6) is 0. The first-order valence-electron chi connectivity index (χ1n) is 5.69. The van der Waals surface area contributed by atoms with Gasteiger partial charge in [0.25, 0.3) is 0 Å². The molecule has 0 saturated carbocycles. The number of nitrogens with two attached hydrogens (primary N) is 1. The van der Waals surface area contributed by atoms with Crippen molar-refractivity contribution >= 4 is 11.3 Å². The topological polar surface area (TPSA) is 35.2 Å². The molecule has 1 unspecified atom stereocenters. The van der Waals surface area contributed by atoms with Crippen molar-refractivity contribution in [2.45, 2.75) is 38.2 Å². The van der Waals surface area contributed by atoms with Gasteiger partial charge in [-0.25, -0.2) is 0 Å². The molecule has 1 heterocycles. The minimum absolute atomic E-state index is 0.344. The van der Waals surface area contributed by atoms with Gasteiger partial charge < -0.3 is 10.5 Å². The first-order chi connectivity index (χ1) is 7.35. The first kappa shape index (κ1) is 11.1. The van der Waals surface area contributed by atoms with E-state index in [1.807, 2.05) is 18.4 Å². The lowest BCUT2D eigenvalue weighted by Crippen LogP contribution is -2.08. The molecule has 0 spiro atoms. The minimum atomic E-state index is 0.344. The molecule has 1 aromatic heterocycles. The Bertz CT molecular complexity index is 321. The van der Waals surface area contributed by atoms with Crippen molar-refractivity contribution in [3.63, 3.8) is 0 Å². The smallest absolute Gasteiger partial charge is 0.0832 e. The average molecular weight is 225 g/mol. The predicted octanol–water partition coefficient (Wildman–Crippen LogP) is 2.66. The van der Waals surface area contributed by atoms with E-state index in [-0.39, 0.29) is 0 Å². The highest BCUT2D eigenvalue weighted by Crippen LogP contribution is 2.37. The molecule has 0 radical (unpaired) electrons. The van der Waals surface area contributed by atoms with Crippen LogP contribution in [0.25, 0.3) is 0 Å². The van der Waals surface area contributed by atoms with Crippen LogP contribution in [0.4, 0.5) is 0 Å². The summed E-state index contributed by atoms with van der Waals surface area (Å²) < 4.78 is 5.52. The standard InChI is InChI=1S/C12H19NOS/c1-14-11-5-2-6-12-10(11)8-9(15-12)4-3-7-13/h8,11H,2-7,13H2,1H3. The van der Waals surface area contributed by atoms with Crippen molar-refractivity contribution in [1.29, 1.82) is 0 Å². The van der Waals surface area contributed by atoms with Crippen LogP contribution in [0, 0.1) is 0 Å². The molecule has 0 amide bonds. The lowest BCUT2D eigenvalue weighted by atomic mass is 9.96. The number of thiophene rings is 1. The van der Waals surface area contributed by atoms with Gasteiger partial charge in [-0.05, 0) is 50.3 Å². The Labute approximate surface area is 95.4 Å². The minimum Gasteiger partial charge on any atom is -0.377 e. The molecule has 0 saturated heterocycles. The molecule has 0 aromatic carbocycles. The quantitative estimate of drug-likeness (QED) is 0.855. The van der Waals surface area contributed by atoms with Crippen molar-refractivity contribution < 1.29 is 4.74 Å². The Morgan fingerprint density at radius 1 is 1.60 bits per heavy atom. The highest BCUT2D eigenvalue weighted by atomic mass is 32.1. The van der Waals surface area contributed by atoms with Crippen molar-refractivity contribution in [2.75, 3.05) is 13.7 Å². The van der Waals surface area contributed by atoms with E-state index in [4.69, 9.17) is 10.5 Å². The van der Waals surface area contributed by atoms with Crippen LogP contribution in [0.3, 0.4) is 0 Å². The second-order valence-electron chi connectivity index (χ2n) is 4.10. The van der Waals surface area contributed by atoms with Crippen LogP contribution in [-0.4, -0.2) is 13.7 Å². The maximum Gasteiger partial charge on any atom is 0.0832 e. The summed E-state index contributed by atoms with van der Waals surface area (Å²) in [4.78, 5) is 3.02. The van der Waals surface area contributed by atoms with Crippen molar-refractivity contribution in [2.24, 2.45) is 5.73 Å². The molecule has 3 heteroatoms. The SMILES string of the molecule is COC1CCCc2sc(CCCN)cc21. The molecule has 0 bridgehead atoms. The number of fused-ring (bicyclic) bond motifs is 1. The maximum absolute atomic E-state index is 5.53. The number of ether oxygens (including phenoxy) is 1. The predicted molar refractivity (Wildman–Crippen MR) is 64.4 cm³/mol. The molecule has 1 aliphatic carbocycles. The Morgan fingerprint density at radius 3 is 3.20 bits per heavy atom. The van der Waals surface area contributed by atoms with Crippen molar-refractivity contribution in [1.82, 2.24) is 0 Å². The summed E-state index contributed by atoms with van der Waals surface area (Å²) in [6, 6.07) is 2.34. The van der Waals surface area contributed by atoms with Crippen LogP contribution in [0.5, 0.6) is 0 Å². The van der Waals surface area contributed by atoms with E-state index < -0.39 is 0 Å². The Morgan fingerprint density at radius 2 is 2.47 bits per heavy atom. The first-order valence-corrected chi connectivity index (χ1v) is 6.51. The van der Waals surface area contributed by atoms with E-state index in [1.165, 1.54) is 29.7 Å². The van der Waals surface area contributed by atoms with Gasteiger partial charge in [0.05, 0.1) is 6.10 Å². The summed E-state index contributed by atoms with van der Waals surface area (Å²) in [7, 11) is 1.82. The van der Waals surface area contributed by atoms with Crippen molar-refractivity contribution in [3.05, 3.63) is 21.4 Å². The van der Waals surface area contributed by atoms with Gasteiger partial charge in [-0.15, -0.1) is 11.3 Å². The van der Waals surface area contributed by atoms with Gasteiger partial charge in [0.2, 0.25) is 0 Å². The fourth-order valence-corrected chi connectivity index (χ4v) is 3.52. The van der Waals surface area contributed by atoms with E-state index in [9.17, 15) is 0 Å². The lowest BCUT2D eigenvalue weighted by molar-refractivity contribution is 0.0888. The third-order valence-corrected chi connectivity index (χ3v) is 4.29. The Kier molecular flexibility index (Phi) is 3.78. The second-order valence-corrected chi connectivity index (χ2v) is 5.32. The number of methoxy groups -OCH3 is 1. The van der Waals surface area contributed by atoms with Gasteiger partial charge in [0.15, 0.2) is 0 Å². The third-order valence-electron chi connectivity index (χ3n) is 3.02. The largest absolute Gasteiger partial charge is 0.377 e. The lowest BCUT2D eigenvalue weighted by Gasteiger charge is -2.20. The van der Waals surface area contributed by atoms with Crippen LogP contribution >= 0.6 is 11.3 Å². The van der Waals surface area contributed by atoms with Crippen LogP contribution in [0.2, 0.25) is 0 Å². The van der Waals surface area contributed by atoms with Gasteiger partial charge >= 0.3 is 0 Å².